The van der Waals surface area contributed by atoms with E-state index in [9.17, 15) is 13.2 Å². The van der Waals surface area contributed by atoms with Crippen molar-refractivity contribution in [3.05, 3.63) is 54.1 Å². The van der Waals surface area contributed by atoms with E-state index in [0.717, 1.165) is 17.6 Å². The van der Waals surface area contributed by atoms with Crippen LogP contribution < -0.4 is 19.1 Å². The van der Waals surface area contributed by atoms with E-state index in [1.165, 1.54) is 11.4 Å². The van der Waals surface area contributed by atoms with Crippen molar-refractivity contribution < 1.29 is 22.7 Å². The molecule has 170 valence electrons. The molecular formula is C23H32N2O5S. The topological polar surface area (TPSA) is 84.9 Å². The predicted octanol–water partition coefficient (Wildman–Crippen LogP) is 3.56. The maximum atomic E-state index is 12.5. The molecular weight excluding hydrogens is 416 g/mol. The average Bonchev–Trinajstić information content (AvgIpc) is 2.74. The van der Waals surface area contributed by atoms with Crippen molar-refractivity contribution in [3.8, 4) is 11.5 Å². The summed E-state index contributed by atoms with van der Waals surface area (Å²) in [6.07, 6.45) is 0.981. The predicted molar refractivity (Wildman–Crippen MR) is 123 cm³/mol. The van der Waals surface area contributed by atoms with Gasteiger partial charge in [-0.1, -0.05) is 39.0 Å². The zero-order valence-corrected chi connectivity index (χ0v) is 19.6. The minimum absolute atomic E-state index is 0.222. The minimum Gasteiger partial charge on any atom is -0.491 e. The van der Waals surface area contributed by atoms with Crippen LogP contribution in [0.15, 0.2) is 48.5 Å². The molecule has 1 amide bonds. The summed E-state index contributed by atoms with van der Waals surface area (Å²) in [5, 5.41) is 2.85. The molecule has 0 saturated heterocycles. The van der Waals surface area contributed by atoms with Crippen LogP contribution in [0.1, 0.15) is 38.7 Å². The summed E-state index contributed by atoms with van der Waals surface area (Å²) in [6.45, 7) is 6.81. The van der Waals surface area contributed by atoms with Gasteiger partial charge in [-0.2, -0.15) is 0 Å². The zero-order chi connectivity index (χ0) is 23.0. The number of hydrogen-bond acceptors (Lipinski definition) is 5. The lowest BCUT2D eigenvalue weighted by molar-refractivity contribution is -0.128. The number of amides is 1. The van der Waals surface area contributed by atoms with Crippen LogP contribution >= 0.6 is 0 Å². The highest BCUT2D eigenvalue weighted by Gasteiger charge is 2.19. The van der Waals surface area contributed by atoms with Crippen molar-refractivity contribution in [2.45, 2.75) is 39.2 Å². The number of ether oxygens (including phenoxy) is 2. The fourth-order valence-corrected chi connectivity index (χ4v) is 3.46. The van der Waals surface area contributed by atoms with E-state index in [-0.39, 0.29) is 5.91 Å². The SMILES string of the molecule is CCC(Oc1ccc(N(C)S(C)(=O)=O)cc1)C(=O)NCCOc1ccccc1C(C)C. The summed E-state index contributed by atoms with van der Waals surface area (Å²) in [7, 11) is -1.85. The van der Waals surface area contributed by atoms with Crippen molar-refractivity contribution in [1.82, 2.24) is 5.32 Å². The van der Waals surface area contributed by atoms with Gasteiger partial charge in [-0.25, -0.2) is 8.42 Å². The number of hydrogen-bond donors (Lipinski definition) is 1. The van der Waals surface area contributed by atoms with Crippen LogP contribution in [-0.4, -0.2) is 46.9 Å². The van der Waals surface area contributed by atoms with E-state index in [0.29, 0.717) is 36.9 Å². The molecule has 0 aliphatic heterocycles. The smallest absolute Gasteiger partial charge is 0.261 e. The molecule has 0 aromatic heterocycles. The first-order chi connectivity index (χ1) is 14.6. The number of nitrogens with zero attached hydrogens (tertiary/aromatic N) is 1. The standard InChI is InChI=1S/C23H32N2O5S/c1-6-21(30-19-13-11-18(12-14-19)25(4)31(5,27)28)23(26)24-15-16-29-22-10-8-7-9-20(22)17(2)3/h7-14,17,21H,6,15-16H2,1-5H3,(H,24,26). The van der Waals surface area contributed by atoms with Gasteiger partial charge in [0.2, 0.25) is 10.0 Å². The van der Waals surface area contributed by atoms with E-state index in [2.05, 4.69) is 19.2 Å². The van der Waals surface area contributed by atoms with Gasteiger partial charge >= 0.3 is 0 Å². The second-order valence-electron chi connectivity index (χ2n) is 7.57. The summed E-state index contributed by atoms with van der Waals surface area (Å²) in [4.78, 5) is 12.5. The highest BCUT2D eigenvalue weighted by molar-refractivity contribution is 7.92. The molecule has 0 heterocycles. The number of nitrogens with one attached hydrogen (secondary N) is 1. The van der Waals surface area contributed by atoms with Crippen LogP contribution in [0.25, 0.3) is 0 Å². The van der Waals surface area contributed by atoms with Crippen molar-refractivity contribution in [3.63, 3.8) is 0 Å². The van der Waals surface area contributed by atoms with Gasteiger partial charge in [-0.3, -0.25) is 9.10 Å². The first kappa shape index (κ1) is 24.5. The van der Waals surface area contributed by atoms with E-state index in [4.69, 9.17) is 9.47 Å². The average molecular weight is 449 g/mol. The van der Waals surface area contributed by atoms with E-state index in [1.807, 2.05) is 31.2 Å². The largest absolute Gasteiger partial charge is 0.491 e. The van der Waals surface area contributed by atoms with Crippen molar-refractivity contribution >= 4 is 21.6 Å². The fraction of sp³-hybridized carbons (Fsp3) is 0.435. The van der Waals surface area contributed by atoms with Crippen molar-refractivity contribution in [1.29, 1.82) is 0 Å². The second-order valence-corrected chi connectivity index (χ2v) is 9.58. The Morgan fingerprint density at radius 3 is 2.32 bits per heavy atom. The monoisotopic (exact) mass is 448 g/mol. The van der Waals surface area contributed by atoms with E-state index < -0.39 is 16.1 Å². The Balaban J connectivity index is 1.87. The summed E-state index contributed by atoms with van der Waals surface area (Å²) >= 11 is 0. The van der Waals surface area contributed by atoms with Gasteiger partial charge in [-0.05, 0) is 48.2 Å². The first-order valence-electron chi connectivity index (χ1n) is 10.3. The van der Waals surface area contributed by atoms with Gasteiger partial charge in [0, 0.05) is 7.05 Å². The third-order valence-electron chi connectivity index (χ3n) is 4.84. The third-order valence-corrected chi connectivity index (χ3v) is 6.04. The minimum atomic E-state index is -3.33. The van der Waals surface area contributed by atoms with Crippen LogP contribution in [0, 0.1) is 0 Å². The zero-order valence-electron chi connectivity index (χ0n) is 18.8. The lowest BCUT2D eigenvalue weighted by Crippen LogP contribution is -2.39. The van der Waals surface area contributed by atoms with Crippen molar-refractivity contribution in [2.75, 3.05) is 30.8 Å². The van der Waals surface area contributed by atoms with Gasteiger partial charge in [0.15, 0.2) is 6.10 Å². The first-order valence-corrected chi connectivity index (χ1v) is 12.2. The molecule has 2 aromatic rings. The fourth-order valence-electron chi connectivity index (χ4n) is 2.95. The molecule has 0 bridgehead atoms. The summed E-state index contributed by atoms with van der Waals surface area (Å²) in [5.74, 6) is 1.46. The summed E-state index contributed by atoms with van der Waals surface area (Å²) < 4.78 is 36.1. The number of para-hydroxylation sites is 1. The van der Waals surface area contributed by atoms with Gasteiger partial charge in [0.25, 0.3) is 5.91 Å². The molecule has 1 atom stereocenters. The molecule has 31 heavy (non-hydrogen) atoms. The van der Waals surface area contributed by atoms with Gasteiger partial charge < -0.3 is 14.8 Å². The quantitative estimate of drug-likeness (QED) is 0.532. The number of carbonyl (C=O) groups excluding carboxylic acids is 1. The Hall–Kier alpha value is -2.74. The molecule has 0 fully saturated rings. The molecule has 0 aliphatic rings. The number of anilines is 1. The Kier molecular flexibility index (Phi) is 8.74. The van der Waals surface area contributed by atoms with Gasteiger partial charge in [0.1, 0.15) is 18.1 Å². The van der Waals surface area contributed by atoms with Crippen molar-refractivity contribution in [2.24, 2.45) is 0 Å². The van der Waals surface area contributed by atoms with Gasteiger partial charge in [-0.15, -0.1) is 0 Å². The molecule has 8 heteroatoms. The molecule has 1 unspecified atom stereocenters. The van der Waals surface area contributed by atoms with E-state index in [1.54, 1.807) is 24.3 Å². The third kappa shape index (κ3) is 7.17. The summed E-state index contributed by atoms with van der Waals surface area (Å²) in [5.41, 5.74) is 1.65. The maximum Gasteiger partial charge on any atom is 0.261 e. The summed E-state index contributed by atoms with van der Waals surface area (Å²) in [6, 6.07) is 14.5. The normalized spacial score (nSPS) is 12.3. The molecule has 2 aromatic carbocycles. The number of rotatable bonds is 11. The Labute approximate surface area is 185 Å². The molecule has 0 radical (unpaired) electrons. The second kappa shape index (κ2) is 11.0. The van der Waals surface area contributed by atoms with Crippen LogP contribution in [0.4, 0.5) is 5.69 Å². The number of benzene rings is 2. The van der Waals surface area contributed by atoms with Gasteiger partial charge in [0.05, 0.1) is 18.5 Å². The number of sulfonamides is 1. The van der Waals surface area contributed by atoms with Crippen LogP contribution in [0.2, 0.25) is 0 Å². The highest BCUT2D eigenvalue weighted by Crippen LogP contribution is 2.25. The molecule has 0 aliphatic carbocycles. The molecule has 7 nitrogen and oxygen atoms in total. The lowest BCUT2D eigenvalue weighted by Gasteiger charge is -2.20. The Morgan fingerprint density at radius 2 is 1.74 bits per heavy atom. The van der Waals surface area contributed by atoms with E-state index >= 15 is 0 Å². The number of carbonyl (C=O) groups is 1. The molecule has 0 saturated carbocycles. The lowest BCUT2D eigenvalue weighted by atomic mass is 10.0. The van der Waals surface area contributed by atoms with Crippen LogP contribution in [0.3, 0.4) is 0 Å². The maximum absolute atomic E-state index is 12.5. The van der Waals surface area contributed by atoms with Crippen LogP contribution in [0.5, 0.6) is 11.5 Å². The molecule has 2 rings (SSSR count). The Bertz CT molecular complexity index is 958. The molecule has 0 spiro atoms. The highest BCUT2D eigenvalue weighted by atomic mass is 32.2. The Morgan fingerprint density at radius 1 is 1.10 bits per heavy atom. The van der Waals surface area contributed by atoms with Crippen LogP contribution in [-0.2, 0) is 14.8 Å². The molecule has 1 N–H and O–H groups in total.